The topological polar surface area (TPSA) is 160 Å². The number of hydrogen-bond donors (Lipinski definition) is 2. The highest BCUT2D eigenvalue weighted by molar-refractivity contribution is 8.00. The van der Waals surface area contributed by atoms with E-state index in [1.165, 1.54) is 23.3 Å². The third kappa shape index (κ3) is 5.19. The van der Waals surface area contributed by atoms with Gasteiger partial charge in [0.1, 0.15) is 28.2 Å². The molecule has 1 fully saturated rings. The van der Waals surface area contributed by atoms with Crippen LogP contribution in [0.25, 0.3) is 0 Å². The van der Waals surface area contributed by atoms with Crippen molar-refractivity contribution in [2.75, 3.05) is 12.4 Å². The second-order valence-corrected chi connectivity index (χ2v) is 9.09. The molecule has 0 aromatic carbocycles. The number of aromatic nitrogens is 2. The van der Waals surface area contributed by atoms with Gasteiger partial charge in [0.25, 0.3) is 11.8 Å². The fourth-order valence-corrected chi connectivity index (χ4v) is 4.35. The number of carboxylic acid groups (broad SMARTS) is 1. The smallest absolute Gasteiger partial charge is 0.352 e. The number of thioether (sulfide) groups is 1. The Balaban J connectivity index is 1.68. The fourth-order valence-electron chi connectivity index (χ4n) is 2.73. The highest BCUT2D eigenvalue weighted by atomic mass is 32.2. The number of hydrogen-bond acceptors (Lipinski definition) is 11. The number of amides is 2. The lowest BCUT2D eigenvalue weighted by atomic mass is 10.0. The number of oxime groups is 1. The van der Waals surface area contributed by atoms with Gasteiger partial charge >= 0.3 is 11.9 Å². The third-order valence-corrected chi connectivity index (χ3v) is 5.56. The molecule has 2 N–H and O–H groups in total. The molecule has 3 heterocycles. The van der Waals surface area contributed by atoms with Crippen LogP contribution in [0.15, 0.2) is 22.4 Å². The van der Waals surface area contributed by atoms with Crippen molar-refractivity contribution in [3.8, 4) is 0 Å². The van der Waals surface area contributed by atoms with Gasteiger partial charge in [0, 0.05) is 5.75 Å². The van der Waals surface area contributed by atoms with Gasteiger partial charge < -0.3 is 20.0 Å². The van der Waals surface area contributed by atoms with E-state index in [1.807, 2.05) is 0 Å². The second kappa shape index (κ2) is 9.01. The number of nitrogens with zero attached hydrogens (tertiary/aromatic N) is 4. The fraction of sp³-hybridized carbons (Fsp3) is 0.471. The summed E-state index contributed by atoms with van der Waals surface area (Å²) in [4.78, 5) is 58.2. The van der Waals surface area contributed by atoms with Gasteiger partial charge in [-0.3, -0.25) is 14.5 Å². The molecule has 14 heteroatoms. The molecule has 0 spiro atoms. The SMILES string of the molecule is CC(C)(C)OC(=O)CON=C(C(=O)NC1C(=O)N2C(C(=O)O)=CCS[C@@H]12)c1ncsn1. The van der Waals surface area contributed by atoms with Crippen molar-refractivity contribution in [3.63, 3.8) is 0 Å². The molecule has 2 aliphatic rings. The predicted octanol–water partition coefficient (Wildman–Crippen LogP) is -0.0311. The first-order chi connectivity index (χ1) is 14.6. The molecule has 12 nitrogen and oxygen atoms in total. The summed E-state index contributed by atoms with van der Waals surface area (Å²) >= 11 is 2.29. The van der Waals surface area contributed by atoms with Crippen LogP contribution in [0.2, 0.25) is 0 Å². The van der Waals surface area contributed by atoms with E-state index < -0.39 is 47.4 Å². The van der Waals surface area contributed by atoms with Gasteiger partial charge in [-0.2, -0.15) is 4.37 Å². The molecule has 3 rings (SSSR count). The Morgan fingerprint density at radius 3 is 2.74 bits per heavy atom. The van der Waals surface area contributed by atoms with Crippen LogP contribution in [-0.2, 0) is 28.8 Å². The van der Waals surface area contributed by atoms with E-state index in [2.05, 4.69) is 19.8 Å². The first-order valence-corrected chi connectivity index (χ1v) is 10.8. The Morgan fingerprint density at radius 1 is 1.39 bits per heavy atom. The summed E-state index contributed by atoms with van der Waals surface area (Å²) < 4.78 is 9.03. The average Bonchev–Trinajstić information content (AvgIpc) is 3.21. The van der Waals surface area contributed by atoms with Crippen LogP contribution in [-0.4, -0.2) is 78.2 Å². The Labute approximate surface area is 184 Å². The van der Waals surface area contributed by atoms with Crippen LogP contribution in [0.4, 0.5) is 0 Å². The Hall–Kier alpha value is -3.00. The number of ether oxygens (including phenoxy) is 1. The normalized spacial score (nSPS) is 20.9. The standard InChI is InChI=1S/C17H19N5O7S2/c1-17(2,3)29-9(23)6-28-20-10(12-18-7-31-21-12)13(24)19-11-14(25)22-8(16(26)27)4-5-30-15(11)22/h4,7,11,15H,5-6H2,1-3H3,(H,19,24)(H,26,27)/t11?,15-/m0/s1. The lowest BCUT2D eigenvalue weighted by Crippen LogP contribution is -2.70. The van der Waals surface area contributed by atoms with Gasteiger partial charge in [0.15, 0.2) is 0 Å². The number of esters is 1. The zero-order chi connectivity index (χ0) is 22.8. The maximum atomic E-state index is 12.8. The first-order valence-electron chi connectivity index (χ1n) is 8.96. The van der Waals surface area contributed by atoms with E-state index in [9.17, 15) is 24.3 Å². The molecule has 1 aromatic rings. The molecule has 0 aliphatic carbocycles. The maximum absolute atomic E-state index is 12.8. The molecule has 1 unspecified atom stereocenters. The number of fused-ring (bicyclic) bond motifs is 1. The number of β-lactam (4-membered cyclic amide) rings is 1. The van der Waals surface area contributed by atoms with Gasteiger partial charge in [-0.15, -0.1) is 11.8 Å². The van der Waals surface area contributed by atoms with Gasteiger partial charge in [-0.05, 0) is 38.4 Å². The summed E-state index contributed by atoms with van der Waals surface area (Å²) in [6.45, 7) is 4.54. The van der Waals surface area contributed by atoms with Gasteiger partial charge in [0.05, 0.1) is 0 Å². The summed E-state index contributed by atoms with van der Waals surface area (Å²) in [6, 6.07) is -0.949. The summed E-state index contributed by atoms with van der Waals surface area (Å²) in [5, 5.41) is 14.9. The van der Waals surface area contributed by atoms with Crippen LogP contribution in [0.5, 0.6) is 0 Å². The van der Waals surface area contributed by atoms with Crippen molar-refractivity contribution >= 4 is 52.8 Å². The van der Waals surface area contributed by atoms with Gasteiger partial charge in [-0.25, -0.2) is 14.6 Å². The third-order valence-electron chi connectivity index (χ3n) is 3.90. The number of carbonyl (C=O) groups is 4. The molecule has 31 heavy (non-hydrogen) atoms. The second-order valence-electron chi connectivity index (χ2n) is 7.33. The number of carbonyl (C=O) groups excluding carboxylic acids is 3. The largest absolute Gasteiger partial charge is 0.477 e. The van der Waals surface area contributed by atoms with Crippen molar-refractivity contribution in [1.29, 1.82) is 0 Å². The van der Waals surface area contributed by atoms with Crippen molar-refractivity contribution in [1.82, 2.24) is 19.6 Å². The zero-order valence-corrected chi connectivity index (χ0v) is 18.4. The van der Waals surface area contributed by atoms with Gasteiger partial charge in [-0.1, -0.05) is 5.16 Å². The summed E-state index contributed by atoms with van der Waals surface area (Å²) in [5.74, 6) is -2.91. The molecule has 1 saturated heterocycles. The minimum Gasteiger partial charge on any atom is -0.477 e. The molecular weight excluding hydrogens is 450 g/mol. The van der Waals surface area contributed by atoms with Crippen molar-refractivity contribution in [2.45, 2.75) is 37.8 Å². The van der Waals surface area contributed by atoms with E-state index in [0.29, 0.717) is 5.75 Å². The maximum Gasteiger partial charge on any atom is 0.352 e. The number of nitrogens with one attached hydrogen (secondary N) is 1. The van der Waals surface area contributed by atoms with E-state index in [4.69, 9.17) is 9.57 Å². The molecule has 0 bridgehead atoms. The zero-order valence-electron chi connectivity index (χ0n) is 16.7. The van der Waals surface area contributed by atoms with Crippen LogP contribution in [0.1, 0.15) is 26.6 Å². The molecule has 166 valence electrons. The Bertz CT molecular complexity index is 955. The molecule has 2 aliphatic heterocycles. The number of carboxylic acids is 1. The van der Waals surface area contributed by atoms with E-state index in [1.54, 1.807) is 20.8 Å². The van der Waals surface area contributed by atoms with Crippen molar-refractivity contribution < 1.29 is 33.9 Å². The Morgan fingerprint density at radius 2 is 2.13 bits per heavy atom. The van der Waals surface area contributed by atoms with Crippen molar-refractivity contribution in [3.05, 3.63) is 23.1 Å². The van der Waals surface area contributed by atoms with Crippen LogP contribution >= 0.6 is 23.3 Å². The first kappa shape index (κ1) is 22.7. The lowest BCUT2D eigenvalue weighted by molar-refractivity contribution is -0.160. The number of aliphatic carboxylic acids is 1. The number of rotatable bonds is 7. The minimum atomic E-state index is -1.21. The molecule has 2 amide bonds. The Kier molecular flexibility index (Phi) is 6.59. The molecule has 1 aromatic heterocycles. The molecule has 2 atom stereocenters. The van der Waals surface area contributed by atoms with E-state index in [-0.39, 0.29) is 17.2 Å². The molecular formula is C17H19N5O7S2. The van der Waals surface area contributed by atoms with Crippen LogP contribution < -0.4 is 5.32 Å². The van der Waals surface area contributed by atoms with Gasteiger partial charge in [0.2, 0.25) is 18.1 Å². The quantitative estimate of drug-likeness (QED) is 0.240. The summed E-state index contributed by atoms with van der Waals surface area (Å²) in [7, 11) is 0. The summed E-state index contributed by atoms with van der Waals surface area (Å²) in [6.07, 6.45) is 1.44. The van der Waals surface area contributed by atoms with E-state index >= 15 is 0 Å². The molecule has 0 radical (unpaired) electrons. The highest BCUT2D eigenvalue weighted by Crippen LogP contribution is 2.37. The summed E-state index contributed by atoms with van der Waals surface area (Å²) in [5.41, 5.74) is 0.224. The molecule has 0 saturated carbocycles. The van der Waals surface area contributed by atoms with Crippen molar-refractivity contribution in [2.24, 2.45) is 5.16 Å². The lowest BCUT2D eigenvalue weighted by Gasteiger charge is -2.48. The van der Waals surface area contributed by atoms with E-state index in [0.717, 1.165) is 16.4 Å². The monoisotopic (exact) mass is 469 g/mol. The predicted molar refractivity (Wildman–Crippen MR) is 109 cm³/mol. The minimum absolute atomic E-state index is 0.0438. The van der Waals surface area contributed by atoms with Crippen LogP contribution in [0, 0.1) is 0 Å². The van der Waals surface area contributed by atoms with Crippen LogP contribution in [0.3, 0.4) is 0 Å². The highest BCUT2D eigenvalue weighted by Gasteiger charge is 2.53. The average molecular weight is 470 g/mol.